The van der Waals surface area contributed by atoms with E-state index in [0.717, 1.165) is 32.1 Å². The van der Waals surface area contributed by atoms with Gasteiger partial charge in [-0.25, -0.2) is 4.79 Å². The monoisotopic (exact) mass is 270 g/mol. The lowest BCUT2D eigenvalue weighted by atomic mass is 9.84. The van der Waals surface area contributed by atoms with Crippen molar-refractivity contribution in [3.05, 3.63) is 0 Å². The molecule has 5 nitrogen and oxygen atoms in total. The molecule has 0 spiro atoms. The van der Waals surface area contributed by atoms with E-state index in [2.05, 4.69) is 17.6 Å². The third-order valence-corrected chi connectivity index (χ3v) is 3.73. The molecular weight excluding hydrogens is 244 g/mol. The van der Waals surface area contributed by atoms with Crippen molar-refractivity contribution in [2.45, 2.75) is 70.9 Å². The molecule has 0 aromatic heterocycles. The highest BCUT2D eigenvalue weighted by Gasteiger charge is 2.32. The van der Waals surface area contributed by atoms with E-state index >= 15 is 0 Å². The Morgan fingerprint density at radius 2 is 1.89 bits per heavy atom. The topological polar surface area (TPSA) is 78.4 Å². The van der Waals surface area contributed by atoms with Gasteiger partial charge in [0.1, 0.15) is 0 Å². The lowest BCUT2D eigenvalue weighted by Crippen LogP contribution is -2.53. The number of carbonyl (C=O) groups is 2. The number of rotatable bonds is 5. The molecule has 0 bridgehead atoms. The SMILES string of the molecule is CCCC(C)(C)NC(=O)NC1CCCCC1C(=O)O. The molecule has 0 aromatic rings. The molecule has 3 N–H and O–H groups in total. The smallest absolute Gasteiger partial charge is 0.315 e. The summed E-state index contributed by atoms with van der Waals surface area (Å²) in [7, 11) is 0. The van der Waals surface area contributed by atoms with Gasteiger partial charge in [0.15, 0.2) is 0 Å². The Morgan fingerprint density at radius 1 is 1.26 bits per heavy atom. The molecule has 1 rings (SSSR count). The van der Waals surface area contributed by atoms with Crippen molar-refractivity contribution in [3.63, 3.8) is 0 Å². The number of hydrogen-bond acceptors (Lipinski definition) is 2. The number of carboxylic acids is 1. The Hall–Kier alpha value is -1.26. The average Bonchev–Trinajstić information content (AvgIpc) is 2.28. The highest BCUT2D eigenvalue weighted by atomic mass is 16.4. The molecular formula is C14H26N2O3. The Bertz CT molecular complexity index is 329. The van der Waals surface area contributed by atoms with Crippen LogP contribution in [0.1, 0.15) is 59.3 Å². The maximum atomic E-state index is 12.0. The van der Waals surface area contributed by atoms with Crippen LogP contribution in [0.4, 0.5) is 4.79 Å². The highest BCUT2D eigenvalue weighted by molar-refractivity contribution is 5.77. The van der Waals surface area contributed by atoms with Gasteiger partial charge in [0.05, 0.1) is 5.92 Å². The first-order valence-corrected chi connectivity index (χ1v) is 7.17. The van der Waals surface area contributed by atoms with E-state index in [1.54, 1.807) is 0 Å². The average molecular weight is 270 g/mol. The predicted octanol–water partition coefficient (Wildman–Crippen LogP) is 2.51. The summed E-state index contributed by atoms with van der Waals surface area (Å²) in [5.41, 5.74) is -0.258. The van der Waals surface area contributed by atoms with Crippen LogP contribution in [0.5, 0.6) is 0 Å². The van der Waals surface area contributed by atoms with Gasteiger partial charge in [0.25, 0.3) is 0 Å². The molecule has 19 heavy (non-hydrogen) atoms. The van der Waals surface area contributed by atoms with E-state index in [1.807, 2.05) is 13.8 Å². The molecule has 2 atom stereocenters. The van der Waals surface area contributed by atoms with Crippen molar-refractivity contribution in [1.82, 2.24) is 10.6 Å². The van der Waals surface area contributed by atoms with Gasteiger partial charge < -0.3 is 15.7 Å². The fourth-order valence-corrected chi connectivity index (χ4v) is 2.80. The fraction of sp³-hybridized carbons (Fsp3) is 0.857. The largest absolute Gasteiger partial charge is 0.481 e. The van der Waals surface area contributed by atoms with Gasteiger partial charge in [-0.05, 0) is 33.1 Å². The molecule has 5 heteroatoms. The fourth-order valence-electron chi connectivity index (χ4n) is 2.80. The quantitative estimate of drug-likeness (QED) is 0.718. The van der Waals surface area contributed by atoms with E-state index in [9.17, 15) is 9.59 Å². The summed E-state index contributed by atoms with van der Waals surface area (Å²) in [4.78, 5) is 23.1. The van der Waals surface area contributed by atoms with Crippen molar-refractivity contribution >= 4 is 12.0 Å². The summed E-state index contributed by atoms with van der Waals surface area (Å²) in [5, 5.41) is 14.9. The molecule has 1 aliphatic carbocycles. The molecule has 110 valence electrons. The van der Waals surface area contributed by atoms with Crippen LogP contribution in [0, 0.1) is 5.92 Å². The number of nitrogens with one attached hydrogen (secondary N) is 2. The third kappa shape index (κ3) is 5.09. The van der Waals surface area contributed by atoms with Crippen molar-refractivity contribution < 1.29 is 14.7 Å². The molecule has 0 radical (unpaired) electrons. The van der Waals surface area contributed by atoms with Gasteiger partial charge >= 0.3 is 12.0 Å². The van der Waals surface area contributed by atoms with E-state index in [1.165, 1.54) is 0 Å². The van der Waals surface area contributed by atoms with E-state index in [-0.39, 0.29) is 17.6 Å². The maximum Gasteiger partial charge on any atom is 0.315 e. The van der Waals surface area contributed by atoms with Crippen molar-refractivity contribution in [2.24, 2.45) is 5.92 Å². The zero-order valence-corrected chi connectivity index (χ0v) is 12.2. The summed E-state index contributed by atoms with van der Waals surface area (Å²) in [6.07, 6.45) is 5.20. The van der Waals surface area contributed by atoms with Crippen molar-refractivity contribution in [1.29, 1.82) is 0 Å². The Labute approximate surface area is 115 Å². The van der Waals surface area contributed by atoms with Gasteiger partial charge in [-0.3, -0.25) is 4.79 Å². The van der Waals surface area contributed by atoms with Crippen LogP contribution in [-0.2, 0) is 4.79 Å². The number of urea groups is 1. The van der Waals surface area contributed by atoms with Gasteiger partial charge in [0.2, 0.25) is 0 Å². The van der Waals surface area contributed by atoms with E-state index in [0.29, 0.717) is 6.42 Å². The molecule has 0 aliphatic heterocycles. The summed E-state index contributed by atoms with van der Waals surface area (Å²) in [5.74, 6) is -1.26. The predicted molar refractivity (Wildman–Crippen MR) is 74.0 cm³/mol. The highest BCUT2D eigenvalue weighted by Crippen LogP contribution is 2.24. The minimum absolute atomic E-state index is 0.247. The maximum absolute atomic E-state index is 12.0. The van der Waals surface area contributed by atoms with Crippen molar-refractivity contribution in [2.75, 3.05) is 0 Å². The number of amides is 2. The molecule has 1 fully saturated rings. The summed E-state index contributed by atoms with van der Waals surface area (Å²) < 4.78 is 0. The lowest BCUT2D eigenvalue weighted by molar-refractivity contribution is -0.143. The van der Waals surface area contributed by atoms with Crippen LogP contribution >= 0.6 is 0 Å². The van der Waals surface area contributed by atoms with Crippen LogP contribution in [0.25, 0.3) is 0 Å². The normalized spacial score (nSPS) is 23.7. The molecule has 0 saturated heterocycles. The van der Waals surface area contributed by atoms with E-state index in [4.69, 9.17) is 5.11 Å². The first-order valence-electron chi connectivity index (χ1n) is 7.17. The van der Waals surface area contributed by atoms with Gasteiger partial charge in [-0.1, -0.05) is 26.2 Å². The zero-order valence-electron chi connectivity index (χ0n) is 12.2. The lowest BCUT2D eigenvalue weighted by Gasteiger charge is -2.32. The standard InChI is InChI=1S/C14H26N2O3/c1-4-9-14(2,3)16-13(19)15-11-8-6-5-7-10(11)12(17)18/h10-11H,4-9H2,1-3H3,(H,17,18)(H2,15,16,19). The Kier molecular flexibility index (Phi) is 5.63. The molecule has 1 saturated carbocycles. The second-order valence-corrected chi connectivity index (χ2v) is 6.07. The number of carboxylic acid groups (broad SMARTS) is 1. The molecule has 2 unspecified atom stereocenters. The first-order chi connectivity index (χ1) is 8.85. The van der Waals surface area contributed by atoms with Crippen LogP contribution in [0.3, 0.4) is 0 Å². The molecule has 1 aliphatic rings. The van der Waals surface area contributed by atoms with Gasteiger partial charge in [-0.2, -0.15) is 0 Å². The number of aliphatic carboxylic acids is 1. The molecule has 2 amide bonds. The second-order valence-electron chi connectivity index (χ2n) is 6.07. The summed E-state index contributed by atoms with van der Waals surface area (Å²) in [6.45, 7) is 6.03. The van der Waals surface area contributed by atoms with E-state index < -0.39 is 11.9 Å². The van der Waals surface area contributed by atoms with Crippen LogP contribution < -0.4 is 10.6 Å². The molecule has 0 aromatic carbocycles. The Balaban J connectivity index is 2.52. The minimum Gasteiger partial charge on any atom is -0.481 e. The van der Waals surface area contributed by atoms with Gasteiger partial charge in [-0.15, -0.1) is 0 Å². The van der Waals surface area contributed by atoms with Crippen LogP contribution in [-0.4, -0.2) is 28.7 Å². The minimum atomic E-state index is -0.808. The van der Waals surface area contributed by atoms with Crippen molar-refractivity contribution in [3.8, 4) is 0 Å². The third-order valence-electron chi connectivity index (χ3n) is 3.73. The Morgan fingerprint density at radius 3 is 2.47 bits per heavy atom. The van der Waals surface area contributed by atoms with Gasteiger partial charge in [0, 0.05) is 11.6 Å². The number of hydrogen-bond donors (Lipinski definition) is 3. The first kappa shape index (κ1) is 15.8. The van der Waals surface area contributed by atoms with Crippen LogP contribution in [0.2, 0.25) is 0 Å². The summed E-state index contributed by atoms with van der Waals surface area (Å²) in [6, 6.07) is -0.500. The summed E-state index contributed by atoms with van der Waals surface area (Å²) >= 11 is 0. The van der Waals surface area contributed by atoms with Crippen LogP contribution in [0.15, 0.2) is 0 Å². The zero-order chi connectivity index (χ0) is 14.5. The molecule has 0 heterocycles. The number of carbonyl (C=O) groups excluding carboxylic acids is 1. The second kappa shape index (κ2) is 6.78.